The predicted octanol–water partition coefficient (Wildman–Crippen LogP) is 1.57. The van der Waals surface area contributed by atoms with Gasteiger partial charge >= 0.3 is 0 Å². The number of hydrogen-bond donors (Lipinski definition) is 0. The highest BCUT2D eigenvalue weighted by atomic mass is 32.2. The van der Waals surface area contributed by atoms with E-state index in [1.54, 1.807) is 0 Å². The fraction of sp³-hybridized carbons (Fsp3) is 0.857. The molecule has 0 aliphatic carbocycles. The van der Waals surface area contributed by atoms with Gasteiger partial charge in [0.1, 0.15) is 5.78 Å². The molecule has 1 heterocycles. The second kappa shape index (κ2) is 2.74. The molecule has 0 radical (unpaired) electrons. The molecule has 0 bridgehead atoms. The van der Waals surface area contributed by atoms with Crippen LogP contribution in [0.25, 0.3) is 0 Å². The monoisotopic (exact) mass is 144 g/mol. The fourth-order valence-electron chi connectivity index (χ4n) is 1.07. The van der Waals surface area contributed by atoms with Crippen LogP contribution in [0.3, 0.4) is 0 Å². The number of ketones is 1. The van der Waals surface area contributed by atoms with Gasteiger partial charge in [0.05, 0.1) is 0 Å². The summed E-state index contributed by atoms with van der Waals surface area (Å²) in [6, 6.07) is 0. The van der Waals surface area contributed by atoms with Gasteiger partial charge in [-0.05, 0) is 0 Å². The lowest BCUT2D eigenvalue weighted by atomic mass is 9.98. The summed E-state index contributed by atoms with van der Waals surface area (Å²) in [5.41, 5.74) is 0. The normalized spacial score (nSPS) is 36.9. The topological polar surface area (TPSA) is 17.1 Å². The first-order chi connectivity index (χ1) is 4.22. The first-order valence-electron chi connectivity index (χ1n) is 3.33. The van der Waals surface area contributed by atoms with E-state index in [2.05, 4.69) is 0 Å². The summed E-state index contributed by atoms with van der Waals surface area (Å²) in [5, 5.41) is 0. The molecule has 0 aromatic rings. The van der Waals surface area contributed by atoms with Gasteiger partial charge in [0.2, 0.25) is 0 Å². The van der Waals surface area contributed by atoms with E-state index in [9.17, 15) is 4.79 Å². The van der Waals surface area contributed by atoms with Crippen LogP contribution < -0.4 is 0 Å². The number of rotatable bonds is 0. The summed E-state index contributed by atoms with van der Waals surface area (Å²) in [4.78, 5) is 11.1. The molecule has 0 aromatic heterocycles. The summed E-state index contributed by atoms with van der Waals surface area (Å²) < 4.78 is 0. The average molecular weight is 144 g/mol. The summed E-state index contributed by atoms with van der Waals surface area (Å²) in [5.74, 6) is 3.12. The zero-order chi connectivity index (χ0) is 6.85. The Labute approximate surface area is 60.2 Å². The van der Waals surface area contributed by atoms with Gasteiger partial charge in [-0.2, -0.15) is 11.8 Å². The quantitative estimate of drug-likeness (QED) is 0.513. The number of carbonyl (C=O) groups is 1. The number of thioether (sulfide) groups is 1. The Hall–Kier alpha value is 0.0200. The molecule has 1 fully saturated rings. The zero-order valence-corrected chi connectivity index (χ0v) is 6.70. The van der Waals surface area contributed by atoms with Crippen molar-refractivity contribution in [3.05, 3.63) is 0 Å². The summed E-state index contributed by atoms with van der Waals surface area (Å²) >= 11 is 1.89. The summed E-state index contributed by atoms with van der Waals surface area (Å²) in [6.07, 6.45) is 0. The Morgan fingerprint density at radius 1 is 1.33 bits per heavy atom. The molecule has 1 aliphatic rings. The Morgan fingerprint density at radius 2 is 1.78 bits per heavy atom. The van der Waals surface area contributed by atoms with Gasteiger partial charge in [-0.15, -0.1) is 0 Å². The van der Waals surface area contributed by atoms with Crippen molar-refractivity contribution in [2.45, 2.75) is 13.8 Å². The number of carbonyl (C=O) groups excluding carboxylic acids is 1. The second-order valence-electron chi connectivity index (χ2n) is 2.74. The molecule has 1 rings (SSSR count). The third-order valence-corrected chi connectivity index (χ3v) is 3.18. The molecule has 2 heteroatoms. The molecule has 0 N–H and O–H groups in total. The molecule has 2 atom stereocenters. The third-order valence-electron chi connectivity index (χ3n) is 1.71. The Morgan fingerprint density at radius 3 is 2.11 bits per heavy atom. The second-order valence-corrected chi connectivity index (χ2v) is 3.82. The van der Waals surface area contributed by atoms with Crippen LogP contribution >= 0.6 is 11.8 Å². The van der Waals surface area contributed by atoms with E-state index in [0.29, 0.717) is 17.6 Å². The molecule has 1 aliphatic heterocycles. The molecule has 52 valence electrons. The van der Waals surface area contributed by atoms with E-state index in [0.717, 1.165) is 11.5 Å². The molecular formula is C7H12OS. The highest BCUT2D eigenvalue weighted by molar-refractivity contribution is 7.99. The van der Waals surface area contributed by atoms with Crippen molar-refractivity contribution in [2.75, 3.05) is 11.5 Å². The van der Waals surface area contributed by atoms with Crippen molar-refractivity contribution in [1.29, 1.82) is 0 Å². The van der Waals surface area contributed by atoms with Crippen LogP contribution in [-0.2, 0) is 4.79 Å². The van der Waals surface area contributed by atoms with Gasteiger partial charge in [-0.1, -0.05) is 13.8 Å². The average Bonchev–Trinajstić information content (AvgIpc) is 1.83. The molecule has 1 saturated heterocycles. The highest BCUT2D eigenvalue weighted by Crippen LogP contribution is 2.23. The van der Waals surface area contributed by atoms with Gasteiger partial charge in [-0.25, -0.2) is 0 Å². The van der Waals surface area contributed by atoms with E-state index < -0.39 is 0 Å². The predicted molar refractivity (Wildman–Crippen MR) is 40.7 cm³/mol. The van der Waals surface area contributed by atoms with Crippen LogP contribution in [-0.4, -0.2) is 17.3 Å². The molecule has 0 spiro atoms. The van der Waals surface area contributed by atoms with Crippen LogP contribution in [0.4, 0.5) is 0 Å². The Balaban J connectivity index is 2.52. The molecule has 0 aromatic carbocycles. The molecular weight excluding hydrogens is 132 g/mol. The Kier molecular flexibility index (Phi) is 2.17. The van der Waals surface area contributed by atoms with Crippen LogP contribution in [0, 0.1) is 11.8 Å². The highest BCUT2D eigenvalue weighted by Gasteiger charge is 2.24. The van der Waals surface area contributed by atoms with Crippen molar-refractivity contribution >= 4 is 17.5 Å². The largest absolute Gasteiger partial charge is 0.299 e. The Bertz CT molecular complexity index is 110. The van der Waals surface area contributed by atoms with Crippen LogP contribution in [0.15, 0.2) is 0 Å². The van der Waals surface area contributed by atoms with Crippen molar-refractivity contribution in [1.82, 2.24) is 0 Å². The van der Waals surface area contributed by atoms with E-state index in [1.807, 2.05) is 25.6 Å². The van der Waals surface area contributed by atoms with E-state index in [-0.39, 0.29) is 0 Å². The third kappa shape index (κ3) is 1.48. The van der Waals surface area contributed by atoms with Gasteiger partial charge in [-0.3, -0.25) is 4.79 Å². The lowest BCUT2D eigenvalue weighted by molar-refractivity contribution is -0.124. The summed E-state index contributed by atoms with van der Waals surface area (Å²) in [7, 11) is 0. The standard InChI is InChI=1S/C7H12OS/c1-5-3-9-4-6(2)7(5)8/h5-6H,3-4H2,1-2H3/t5-,6-/m1/s1. The smallest absolute Gasteiger partial charge is 0.140 e. The van der Waals surface area contributed by atoms with Gasteiger partial charge in [0.15, 0.2) is 0 Å². The maximum atomic E-state index is 11.1. The lowest BCUT2D eigenvalue weighted by Crippen LogP contribution is -2.27. The van der Waals surface area contributed by atoms with Crippen molar-refractivity contribution < 1.29 is 4.79 Å². The first kappa shape index (κ1) is 7.13. The van der Waals surface area contributed by atoms with E-state index >= 15 is 0 Å². The molecule has 1 nitrogen and oxygen atoms in total. The maximum absolute atomic E-state index is 11.1. The molecule has 0 amide bonds. The van der Waals surface area contributed by atoms with Gasteiger partial charge < -0.3 is 0 Å². The van der Waals surface area contributed by atoms with E-state index in [4.69, 9.17) is 0 Å². The minimum Gasteiger partial charge on any atom is -0.299 e. The minimum absolute atomic E-state index is 0.304. The zero-order valence-electron chi connectivity index (χ0n) is 5.89. The van der Waals surface area contributed by atoms with E-state index in [1.165, 1.54) is 0 Å². The molecule has 0 unspecified atom stereocenters. The number of hydrogen-bond acceptors (Lipinski definition) is 2. The van der Waals surface area contributed by atoms with Crippen LogP contribution in [0.2, 0.25) is 0 Å². The fourth-order valence-corrected chi connectivity index (χ4v) is 2.24. The lowest BCUT2D eigenvalue weighted by Gasteiger charge is -2.21. The number of Topliss-reactive ketones (excluding diaryl/α,β-unsaturated/α-hetero) is 1. The van der Waals surface area contributed by atoms with Crippen LogP contribution in [0.5, 0.6) is 0 Å². The summed E-state index contributed by atoms with van der Waals surface area (Å²) in [6.45, 7) is 4.04. The van der Waals surface area contributed by atoms with Crippen molar-refractivity contribution in [2.24, 2.45) is 11.8 Å². The maximum Gasteiger partial charge on any atom is 0.140 e. The van der Waals surface area contributed by atoms with Crippen molar-refractivity contribution in [3.8, 4) is 0 Å². The SMILES string of the molecule is C[C@@H]1CSC[C@@H](C)C1=O. The molecule has 9 heavy (non-hydrogen) atoms. The molecule has 0 saturated carbocycles. The van der Waals surface area contributed by atoms with Crippen LogP contribution in [0.1, 0.15) is 13.8 Å². The van der Waals surface area contributed by atoms with Crippen molar-refractivity contribution in [3.63, 3.8) is 0 Å². The van der Waals surface area contributed by atoms with Gasteiger partial charge in [0, 0.05) is 23.3 Å². The minimum atomic E-state index is 0.304. The first-order valence-corrected chi connectivity index (χ1v) is 4.48. The van der Waals surface area contributed by atoms with Gasteiger partial charge in [0.25, 0.3) is 0 Å².